The van der Waals surface area contributed by atoms with Crippen molar-refractivity contribution in [3.63, 3.8) is 0 Å². The van der Waals surface area contributed by atoms with E-state index in [1.54, 1.807) is 7.11 Å². The van der Waals surface area contributed by atoms with Crippen molar-refractivity contribution in [2.45, 2.75) is 57.2 Å². The summed E-state index contributed by atoms with van der Waals surface area (Å²) in [5.74, 6) is 0.969. The molecule has 0 spiro atoms. The minimum absolute atomic E-state index is 0.326. The molecule has 3 heteroatoms. The van der Waals surface area contributed by atoms with Crippen molar-refractivity contribution in [1.29, 1.82) is 0 Å². The van der Waals surface area contributed by atoms with Crippen LogP contribution in [0.4, 0.5) is 0 Å². The molecule has 0 saturated heterocycles. The van der Waals surface area contributed by atoms with Gasteiger partial charge in [-0.25, -0.2) is 0 Å². The molecule has 1 aromatic rings. The van der Waals surface area contributed by atoms with Gasteiger partial charge in [0.05, 0.1) is 13.2 Å². The molecule has 1 saturated carbocycles. The normalized spacial score (nSPS) is 24.4. The molecular formula is C17H27NO2. The number of ether oxygens (including phenoxy) is 2. The van der Waals surface area contributed by atoms with Crippen LogP contribution in [0, 0.1) is 0 Å². The largest absolute Gasteiger partial charge is 0.496 e. The SMILES string of the molecule is CCC(NC1CCCCC1OC)c1ccccc1OC. The van der Waals surface area contributed by atoms with Gasteiger partial charge >= 0.3 is 0 Å². The lowest BCUT2D eigenvalue weighted by molar-refractivity contribution is 0.0373. The van der Waals surface area contributed by atoms with Crippen LogP contribution in [0.3, 0.4) is 0 Å². The van der Waals surface area contributed by atoms with E-state index in [1.165, 1.54) is 24.8 Å². The highest BCUT2D eigenvalue weighted by molar-refractivity contribution is 5.35. The predicted molar refractivity (Wildman–Crippen MR) is 82.2 cm³/mol. The first-order valence-corrected chi connectivity index (χ1v) is 7.71. The van der Waals surface area contributed by atoms with E-state index in [-0.39, 0.29) is 0 Å². The van der Waals surface area contributed by atoms with E-state index in [9.17, 15) is 0 Å². The van der Waals surface area contributed by atoms with Gasteiger partial charge in [0.15, 0.2) is 0 Å². The molecule has 2 rings (SSSR count). The molecule has 3 unspecified atom stereocenters. The summed E-state index contributed by atoms with van der Waals surface area (Å²) in [6, 6.07) is 9.07. The minimum atomic E-state index is 0.326. The Labute approximate surface area is 122 Å². The Kier molecular flexibility index (Phi) is 5.86. The summed E-state index contributed by atoms with van der Waals surface area (Å²) in [4.78, 5) is 0. The van der Waals surface area contributed by atoms with Crippen molar-refractivity contribution in [2.24, 2.45) is 0 Å². The van der Waals surface area contributed by atoms with E-state index in [1.807, 2.05) is 19.2 Å². The van der Waals surface area contributed by atoms with E-state index in [4.69, 9.17) is 9.47 Å². The van der Waals surface area contributed by atoms with Gasteiger partial charge in [-0.1, -0.05) is 38.0 Å². The summed E-state index contributed by atoms with van der Waals surface area (Å²) in [5, 5.41) is 3.79. The van der Waals surface area contributed by atoms with Crippen molar-refractivity contribution in [1.82, 2.24) is 5.32 Å². The zero-order valence-electron chi connectivity index (χ0n) is 12.9. The predicted octanol–water partition coefficient (Wildman–Crippen LogP) is 3.69. The van der Waals surface area contributed by atoms with Gasteiger partial charge in [-0.2, -0.15) is 0 Å². The number of para-hydroxylation sites is 1. The third-order valence-electron chi connectivity index (χ3n) is 4.34. The topological polar surface area (TPSA) is 30.5 Å². The summed E-state index contributed by atoms with van der Waals surface area (Å²) < 4.78 is 11.1. The number of rotatable bonds is 6. The van der Waals surface area contributed by atoms with Crippen LogP contribution >= 0.6 is 0 Å². The molecule has 0 heterocycles. The smallest absolute Gasteiger partial charge is 0.123 e. The van der Waals surface area contributed by atoms with Gasteiger partial charge in [0.25, 0.3) is 0 Å². The second-order valence-electron chi connectivity index (χ2n) is 5.53. The van der Waals surface area contributed by atoms with Crippen LogP contribution < -0.4 is 10.1 Å². The van der Waals surface area contributed by atoms with E-state index < -0.39 is 0 Å². The average molecular weight is 277 g/mol. The molecule has 1 N–H and O–H groups in total. The van der Waals surface area contributed by atoms with Gasteiger partial charge in [-0.15, -0.1) is 0 Å². The molecule has 20 heavy (non-hydrogen) atoms. The maximum absolute atomic E-state index is 5.65. The number of benzene rings is 1. The van der Waals surface area contributed by atoms with Gasteiger partial charge < -0.3 is 14.8 Å². The Morgan fingerprint density at radius 3 is 2.65 bits per heavy atom. The Bertz CT molecular complexity index is 408. The first kappa shape index (κ1) is 15.3. The van der Waals surface area contributed by atoms with Crippen molar-refractivity contribution >= 4 is 0 Å². The van der Waals surface area contributed by atoms with Crippen molar-refractivity contribution in [3.05, 3.63) is 29.8 Å². The highest BCUT2D eigenvalue weighted by atomic mass is 16.5. The molecule has 0 bridgehead atoms. The summed E-state index contributed by atoms with van der Waals surface area (Å²) in [6.45, 7) is 2.22. The Morgan fingerprint density at radius 2 is 1.95 bits per heavy atom. The van der Waals surface area contributed by atoms with Gasteiger partial charge in [-0.3, -0.25) is 0 Å². The third-order valence-corrected chi connectivity index (χ3v) is 4.34. The highest BCUT2D eigenvalue weighted by Crippen LogP contribution is 2.30. The summed E-state index contributed by atoms with van der Waals surface area (Å²) in [6.07, 6.45) is 6.32. The molecule has 0 aliphatic heterocycles. The fraction of sp³-hybridized carbons (Fsp3) is 0.647. The number of hydrogen-bond acceptors (Lipinski definition) is 3. The van der Waals surface area contributed by atoms with Crippen molar-refractivity contribution in [3.8, 4) is 5.75 Å². The average Bonchev–Trinajstić information content (AvgIpc) is 2.53. The number of nitrogens with one attached hydrogen (secondary N) is 1. The van der Waals surface area contributed by atoms with Crippen LogP contribution in [0.2, 0.25) is 0 Å². The van der Waals surface area contributed by atoms with Crippen LogP contribution in [-0.4, -0.2) is 26.4 Å². The van der Waals surface area contributed by atoms with Gasteiger partial charge in [0.1, 0.15) is 5.75 Å². The maximum atomic E-state index is 5.65. The molecule has 1 fully saturated rings. The van der Waals surface area contributed by atoms with Crippen LogP contribution in [-0.2, 0) is 4.74 Å². The fourth-order valence-electron chi connectivity index (χ4n) is 3.21. The highest BCUT2D eigenvalue weighted by Gasteiger charge is 2.27. The Hall–Kier alpha value is -1.06. The minimum Gasteiger partial charge on any atom is -0.496 e. The first-order chi connectivity index (χ1) is 9.80. The maximum Gasteiger partial charge on any atom is 0.123 e. The van der Waals surface area contributed by atoms with E-state index >= 15 is 0 Å². The van der Waals surface area contributed by atoms with Crippen LogP contribution in [0.15, 0.2) is 24.3 Å². The third kappa shape index (κ3) is 3.53. The molecule has 3 atom stereocenters. The van der Waals surface area contributed by atoms with Gasteiger partial charge in [-0.05, 0) is 25.3 Å². The molecule has 0 radical (unpaired) electrons. The number of methoxy groups -OCH3 is 2. The molecule has 0 amide bonds. The second-order valence-corrected chi connectivity index (χ2v) is 5.53. The zero-order valence-corrected chi connectivity index (χ0v) is 12.9. The van der Waals surface area contributed by atoms with Crippen LogP contribution in [0.25, 0.3) is 0 Å². The lowest BCUT2D eigenvalue weighted by atomic mass is 9.90. The van der Waals surface area contributed by atoms with Crippen LogP contribution in [0.5, 0.6) is 5.75 Å². The lowest BCUT2D eigenvalue weighted by Crippen LogP contribution is -2.44. The summed E-state index contributed by atoms with van der Waals surface area (Å²) in [7, 11) is 3.57. The van der Waals surface area contributed by atoms with Gasteiger partial charge in [0.2, 0.25) is 0 Å². The zero-order chi connectivity index (χ0) is 14.4. The second kappa shape index (κ2) is 7.65. The summed E-state index contributed by atoms with van der Waals surface area (Å²) >= 11 is 0. The summed E-state index contributed by atoms with van der Waals surface area (Å²) in [5.41, 5.74) is 1.25. The van der Waals surface area contributed by atoms with Crippen molar-refractivity contribution < 1.29 is 9.47 Å². The molecule has 0 aromatic heterocycles. The first-order valence-electron chi connectivity index (χ1n) is 7.71. The standard InChI is InChI=1S/C17H27NO2/c1-4-14(13-9-5-7-11-16(13)19-2)18-15-10-6-8-12-17(15)20-3/h5,7,9,11,14-15,17-18H,4,6,8,10,12H2,1-3H3. The molecule has 1 aliphatic carbocycles. The Balaban J connectivity index is 2.11. The lowest BCUT2D eigenvalue weighted by Gasteiger charge is -2.34. The molecule has 3 nitrogen and oxygen atoms in total. The van der Waals surface area contributed by atoms with E-state index in [2.05, 4.69) is 24.4 Å². The van der Waals surface area contributed by atoms with Gasteiger partial charge in [0, 0.05) is 24.8 Å². The molecule has 1 aromatic carbocycles. The monoisotopic (exact) mass is 277 g/mol. The Morgan fingerprint density at radius 1 is 1.20 bits per heavy atom. The molecule has 1 aliphatic rings. The van der Waals surface area contributed by atoms with E-state index in [0.29, 0.717) is 18.2 Å². The van der Waals surface area contributed by atoms with Crippen molar-refractivity contribution in [2.75, 3.05) is 14.2 Å². The molecular weight excluding hydrogens is 250 g/mol. The number of hydrogen-bond donors (Lipinski definition) is 1. The molecule has 112 valence electrons. The quantitative estimate of drug-likeness (QED) is 0.860. The van der Waals surface area contributed by atoms with Crippen LogP contribution in [0.1, 0.15) is 50.6 Å². The fourth-order valence-corrected chi connectivity index (χ4v) is 3.21. The van der Waals surface area contributed by atoms with E-state index in [0.717, 1.165) is 18.6 Å².